The molecular weight excluding hydrogens is 695 g/mol. The molecule has 0 radical (unpaired) electrons. The molecule has 0 amide bonds. The van der Waals surface area contributed by atoms with E-state index in [4.69, 9.17) is 9.40 Å². The molecule has 3 heterocycles. The summed E-state index contributed by atoms with van der Waals surface area (Å²) in [7, 11) is 0. The maximum atomic E-state index is 6.51. The van der Waals surface area contributed by atoms with E-state index in [2.05, 4.69) is 192 Å². The summed E-state index contributed by atoms with van der Waals surface area (Å²) in [5, 5.41) is 1.15. The van der Waals surface area contributed by atoms with Crippen LogP contribution in [0.3, 0.4) is 0 Å². The summed E-state index contributed by atoms with van der Waals surface area (Å²) in [6.45, 7) is 6.17. The second-order valence-corrected chi connectivity index (χ2v) is 14.8. The molecule has 0 saturated heterocycles. The van der Waals surface area contributed by atoms with E-state index in [0.717, 1.165) is 61.5 Å². The third kappa shape index (κ3) is 4.77. The summed E-state index contributed by atoms with van der Waals surface area (Å²) in [6, 6.07) is 63.2. The molecule has 0 bridgehead atoms. The average Bonchev–Trinajstić information content (AvgIpc) is 3.98. The van der Waals surface area contributed by atoms with Gasteiger partial charge in [-0.3, -0.25) is 4.40 Å². The number of benzene rings is 7. The minimum atomic E-state index is -0.528. The highest BCUT2D eigenvalue weighted by atomic mass is 16.4. The molecule has 0 atom stereocenters. The maximum Gasteiger partial charge on any atom is 0.307 e. The molecule has 11 rings (SSSR count). The fourth-order valence-corrected chi connectivity index (χ4v) is 9.45. The molecule has 4 nitrogen and oxygen atoms in total. The van der Waals surface area contributed by atoms with Gasteiger partial charge in [0.05, 0.1) is 22.1 Å². The Morgan fingerprint density at radius 2 is 1.26 bits per heavy atom. The van der Waals surface area contributed by atoms with E-state index >= 15 is 0 Å². The van der Waals surface area contributed by atoms with Crippen molar-refractivity contribution in [1.82, 2.24) is 14.0 Å². The van der Waals surface area contributed by atoms with Crippen molar-refractivity contribution in [1.29, 1.82) is 0 Å². The summed E-state index contributed by atoms with van der Waals surface area (Å²) in [4.78, 5) is 5.35. The fourth-order valence-electron chi connectivity index (χ4n) is 9.45. The molecule has 4 heteroatoms. The Balaban J connectivity index is 1.20. The van der Waals surface area contributed by atoms with Crippen molar-refractivity contribution in [3.05, 3.63) is 228 Å². The second kappa shape index (κ2) is 12.8. The van der Waals surface area contributed by atoms with Crippen molar-refractivity contribution >= 4 is 33.9 Å². The summed E-state index contributed by atoms with van der Waals surface area (Å²) in [5.41, 5.74) is 17.2. The monoisotopic (exact) mass is 731 g/mol. The van der Waals surface area contributed by atoms with Gasteiger partial charge in [-0.05, 0) is 82.8 Å². The molecule has 57 heavy (non-hydrogen) atoms. The Morgan fingerprint density at radius 3 is 2.02 bits per heavy atom. The van der Waals surface area contributed by atoms with Crippen molar-refractivity contribution in [2.45, 2.75) is 12.3 Å². The van der Waals surface area contributed by atoms with E-state index in [1.807, 2.05) is 24.3 Å². The molecule has 0 saturated carbocycles. The Hall–Kier alpha value is -7.43. The van der Waals surface area contributed by atoms with Crippen LogP contribution in [-0.4, -0.2) is 14.0 Å². The number of fused-ring (bicyclic) bond motifs is 7. The highest BCUT2D eigenvalue weighted by Gasteiger charge is 2.46. The number of allylic oxidation sites excluding steroid dienone is 2. The number of para-hydroxylation sites is 3. The van der Waals surface area contributed by atoms with Gasteiger partial charge in [0.25, 0.3) is 0 Å². The van der Waals surface area contributed by atoms with Crippen LogP contribution in [0.1, 0.15) is 33.5 Å². The molecule has 7 aromatic carbocycles. The van der Waals surface area contributed by atoms with Gasteiger partial charge in [0.2, 0.25) is 0 Å². The predicted molar refractivity (Wildman–Crippen MR) is 234 cm³/mol. The zero-order valence-corrected chi connectivity index (χ0v) is 31.4. The van der Waals surface area contributed by atoms with Crippen LogP contribution < -0.4 is 0 Å². The Bertz CT molecular complexity index is 3160. The number of nitrogens with zero attached hydrogens (tertiary/aromatic N) is 3. The van der Waals surface area contributed by atoms with Crippen LogP contribution in [0.2, 0.25) is 0 Å². The van der Waals surface area contributed by atoms with Gasteiger partial charge in [-0.15, -0.1) is 0 Å². The third-order valence-corrected chi connectivity index (χ3v) is 11.8. The van der Waals surface area contributed by atoms with Crippen molar-refractivity contribution in [3.63, 3.8) is 0 Å². The Kier molecular flexibility index (Phi) is 7.42. The normalized spacial score (nSPS) is 13.1. The molecule has 0 unspecified atom stereocenters. The van der Waals surface area contributed by atoms with Crippen LogP contribution in [-0.2, 0) is 5.41 Å². The smallest absolute Gasteiger partial charge is 0.307 e. The molecule has 0 fully saturated rings. The lowest BCUT2D eigenvalue weighted by Gasteiger charge is -2.34. The first-order valence-corrected chi connectivity index (χ1v) is 19.4. The zero-order valence-electron chi connectivity index (χ0n) is 31.4. The van der Waals surface area contributed by atoms with Crippen molar-refractivity contribution in [3.8, 4) is 39.3 Å². The maximum absolute atomic E-state index is 6.51. The summed E-state index contributed by atoms with van der Waals surface area (Å²) < 4.78 is 11.0. The van der Waals surface area contributed by atoms with E-state index in [1.165, 1.54) is 33.4 Å². The van der Waals surface area contributed by atoms with E-state index in [-0.39, 0.29) is 0 Å². The van der Waals surface area contributed by atoms with Gasteiger partial charge < -0.3 is 8.98 Å². The number of oxazole rings is 1. The molecule has 0 aliphatic heterocycles. The van der Waals surface area contributed by atoms with Crippen LogP contribution in [0, 0.1) is 6.92 Å². The standard InChI is InChI=1S/C53H37N3O/c1-3-4-24-41-35(2)55(40-22-12-7-13-23-40)47-32-30-37(33-44(41)47)51-50(54-52-56(51)48-27-16-17-28-49(48)57-52)36-29-31-43-42-25-14-15-26-45(42)53(46(43)34-36,38-18-8-5-9-19-38)39-20-10-6-11-21-39/h3-34H,1H2,2H3/b24-4-. The van der Waals surface area contributed by atoms with Crippen LogP contribution >= 0.6 is 0 Å². The molecule has 1 aliphatic carbocycles. The van der Waals surface area contributed by atoms with Gasteiger partial charge in [-0.1, -0.05) is 158 Å². The van der Waals surface area contributed by atoms with Crippen LogP contribution in [0.4, 0.5) is 0 Å². The summed E-state index contributed by atoms with van der Waals surface area (Å²) in [5.74, 6) is 0.562. The highest BCUT2D eigenvalue weighted by molar-refractivity contribution is 5.98. The van der Waals surface area contributed by atoms with Crippen molar-refractivity contribution < 1.29 is 4.42 Å². The molecular formula is C53H37N3O. The SMILES string of the molecule is C=C/C=C\c1c(C)n(-c2ccccc2)c2ccc(-c3c(-c4ccc5c(c4)C(c4ccccc4)(c4ccccc4)c4ccccc4-5)nc4oc5ccccc5n34)cc12. The predicted octanol–water partition coefficient (Wildman–Crippen LogP) is 13.2. The summed E-state index contributed by atoms with van der Waals surface area (Å²) >= 11 is 0. The van der Waals surface area contributed by atoms with Gasteiger partial charge in [0.15, 0.2) is 5.58 Å². The largest absolute Gasteiger partial charge is 0.423 e. The van der Waals surface area contributed by atoms with Crippen LogP contribution in [0.25, 0.3) is 73.3 Å². The Labute approximate surface area is 330 Å². The second-order valence-electron chi connectivity index (χ2n) is 14.8. The number of aromatic nitrogens is 3. The average molecular weight is 732 g/mol. The fraction of sp³-hybridized carbons (Fsp3) is 0.0377. The first-order valence-electron chi connectivity index (χ1n) is 19.4. The summed E-state index contributed by atoms with van der Waals surface area (Å²) in [6.07, 6.45) is 6.02. The van der Waals surface area contributed by atoms with Crippen molar-refractivity contribution in [2.75, 3.05) is 0 Å². The molecule has 3 aromatic heterocycles. The molecule has 1 aliphatic rings. The van der Waals surface area contributed by atoms with E-state index in [0.29, 0.717) is 5.84 Å². The number of imidazole rings is 1. The van der Waals surface area contributed by atoms with Crippen LogP contribution in [0.5, 0.6) is 0 Å². The molecule has 0 spiro atoms. The lowest BCUT2D eigenvalue weighted by molar-refractivity contribution is 0.642. The topological polar surface area (TPSA) is 35.4 Å². The van der Waals surface area contributed by atoms with Gasteiger partial charge in [0.1, 0.15) is 5.69 Å². The van der Waals surface area contributed by atoms with E-state index in [9.17, 15) is 0 Å². The van der Waals surface area contributed by atoms with Gasteiger partial charge >= 0.3 is 5.84 Å². The highest BCUT2D eigenvalue weighted by Crippen LogP contribution is 2.57. The number of hydrogen-bond donors (Lipinski definition) is 0. The van der Waals surface area contributed by atoms with E-state index < -0.39 is 5.41 Å². The molecule has 10 aromatic rings. The Morgan fingerprint density at radius 1 is 0.614 bits per heavy atom. The first-order chi connectivity index (χ1) is 28.2. The lowest BCUT2D eigenvalue weighted by atomic mass is 9.67. The number of hydrogen-bond acceptors (Lipinski definition) is 2. The van der Waals surface area contributed by atoms with Gasteiger partial charge in [0, 0.05) is 33.5 Å². The van der Waals surface area contributed by atoms with Crippen LogP contribution in [0.15, 0.2) is 199 Å². The van der Waals surface area contributed by atoms with Gasteiger partial charge in [-0.2, -0.15) is 4.98 Å². The van der Waals surface area contributed by atoms with E-state index in [1.54, 1.807) is 0 Å². The minimum Gasteiger partial charge on any atom is -0.423 e. The first kappa shape index (κ1) is 33.0. The lowest BCUT2D eigenvalue weighted by Crippen LogP contribution is -2.28. The minimum absolute atomic E-state index is 0.528. The molecule has 0 N–H and O–H groups in total. The third-order valence-electron chi connectivity index (χ3n) is 11.8. The zero-order chi connectivity index (χ0) is 38.1. The quantitative estimate of drug-likeness (QED) is 0.153. The number of rotatable bonds is 7. The van der Waals surface area contributed by atoms with Gasteiger partial charge in [-0.25, -0.2) is 0 Å². The van der Waals surface area contributed by atoms with Crippen molar-refractivity contribution in [2.24, 2.45) is 0 Å². The molecule has 270 valence electrons.